The standard InChI is InChI=1S/C19H24FNO7/c1-19(2,3)28-18(24)21-10-8-11(9-10)27-13-7-6-12(16(22)25-4)14(15(13)20)17(23)26-5/h6-7,10-11H,8-9H2,1-5H3,(H,21,24)/t10-,11-. The molecule has 2 rings (SSSR count). The maximum atomic E-state index is 14.8. The lowest BCUT2D eigenvalue weighted by Crippen LogP contribution is -2.50. The van der Waals surface area contributed by atoms with Crippen LogP contribution in [-0.2, 0) is 14.2 Å². The van der Waals surface area contributed by atoms with Gasteiger partial charge in [0.1, 0.15) is 17.3 Å². The number of hydrogen-bond donors (Lipinski definition) is 1. The number of rotatable bonds is 5. The van der Waals surface area contributed by atoms with Gasteiger partial charge in [0.2, 0.25) is 0 Å². The predicted molar refractivity (Wildman–Crippen MR) is 95.9 cm³/mol. The minimum absolute atomic E-state index is 0.155. The molecule has 1 aliphatic carbocycles. The molecule has 0 unspecified atom stereocenters. The molecule has 0 aliphatic heterocycles. The maximum absolute atomic E-state index is 14.8. The molecule has 1 amide bonds. The highest BCUT2D eigenvalue weighted by molar-refractivity contribution is 6.03. The Bertz CT molecular complexity index is 766. The van der Waals surface area contributed by atoms with Crippen molar-refractivity contribution < 1.29 is 37.7 Å². The topological polar surface area (TPSA) is 100 Å². The first kappa shape index (κ1) is 21.5. The Labute approximate surface area is 162 Å². The number of esters is 2. The summed E-state index contributed by atoms with van der Waals surface area (Å²) in [6, 6.07) is 2.34. The van der Waals surface area contributed by atoms with Gasteiger partial charge < -0.3 is 24.3 Å². The first-order chi connectivity index (χ1) is 13.1. The molecule has 1 aromatic carbocycles. The Morgan fingerprint density at radius 3 is 2.21 bits per heavy atom. The van der Waals surface area contributed by atoms with Crippen molar-refractivity contribution in [3.63, 3.8) is 0 Å². The Morgan fingerprint density at radius 1 is 1.07 bits per heavy atom. The van der Waals surface area contributed by atoms with Crippen LogP contribution in [0, 0.1) is 5.82 Å². The van der Waals surface area contributed by atoms with E-state index in [1.54, 1.807) is 20.8 Å². The minimum Gasteiger partial charge on any atom is -0.487 e. The normalized spacial score (nSPS) is 18.5. The number of ether oxygens (including phenoxy) is 4. The molecule has 154 valence electrons. The second-order valence-electron chi connectivity index (χ2n) is 7.34. The fraction of sp³-hybridized carbons (Fsp3) is 0.526. The molecular weight excluding hydrogens is 373 g/mol. The van der Waals surface area contributed by atoms with Gasteiger partial charge in [0.15, 0.2) is 11.6 Å². The maximum Gasteiger partial charge on any atom is 0.407 e. The van der Waals surface area contributed by atoms with Crippen molar-refractivity contribution >= 4 is 18.0 Å². The summed E-state index contributed by atoms with van der Waals surface area (Å²) in [4.78, 5) is 35.4. The zero-order valence-electron chi connectivity index (χ0n) is 16.5. The molecule has 0 atom stereocenters. The number of hydrogen-bond acceptors (Lipinski definition) is 7. The van der Waals surface area contributed by atoms with E-state index in [9.17, 15) is 18.8 Å². The smallest absolute Gasteiger partial charge is 0.407 e. The van der Waals surface area contributed by atoms with Crippen LogP contribution in [0.2, 0.25) is 0 Å². The molecule has 0 heterocycles. The van der Waals surface area contributed by atoms with Crippen LogP contribution in [-0.4, -0.2) is 50.0 Å². The number of amides is 1. The minimum atomic E-state index is -1.01. The van der Waals surface area contributed by atoms with Crippen LogP contribution in [0.15, 0.2) is 12.1 Å². The fourth-order valence-electron chi connectivity index (χ4n) is 2.66. The van der Waals surface area contributed by atoms with Crippen molar-refractivity contribution in [1.29, 1.82) is 0 Å². The molecular formula is C19H24FNO7. The van der Waals surface area contributed by atoms with E-state index in [0.29, 0.717) is 12.8 Å². The highest BCUT2D eigenvalue weighted by Crippen LogP contribution is 2.31. The van der Waals surface area contributed by atoms with Crippen LogP contribution >= 0.6 is 0 Å². The summed E-state index contributed by atoms with van der Waals surface area (Å²) < 4.78 is 34.6. The molecule has 1 aliphatic rings. The number of benzene rings is 1. The number of alkyl carbamates (subject to hydrolysis) is 1. The van der Waals surface area contributed by atoms with Gasteiger partial charge in [-0.25, -0.2) is 18.8 Å². The van der Waals surface area contributed by atoms with E-state index < -0.39 is 35.0 Å². The van der Waals surface area contributed by atoms with Gasteiger partial charge in [-0.2, -0.15) is 0 Å². The van der Waals surface area contributed by atoms with Crippen LogP contribution in [0.1, 0.15) is 54.3 Å². The van der Waals surface area contributed by atoms with E-state index in [2.05, 4.69) is 14.8 Å². The Balaban J connectivity index is 2.03. The van der Waals surface area contributed by atoms with E-state index in [1.807, 2.05) is 0 Å². The third kappa shape index (κ3) is 5.11. The van der Waals surface area contributed by atoms with Gasteiger partial charge in [-0.3, -0.25) is 0 Å². The van der Waals surface area contributed by atoms with Crippen molar-refractivity contribution in [2.75, 3.05) is 14.2 Å². The summed E-state index contributed by atoms with van der Waals surface area (Å²) in [7, 11) is 2.20. The van der Waals surface area contributed by atoms with Crippen LogP contribution in [0.5, 0.6) is 5.75 Å². The molecule has 28 heavy (non-hydrogen) atoms. The summed E-state index contributed by atoms with van der Waals surface area (Å²) in [5, 5.41) is 2.70. The molecule has 9 heteroatoms. The van der Waals surface area contributed by atoms with Crippen molar-refractivity contribution in [2.45, 2.75) is 51.4 Å². The van der Waals surface area contributed by atoms with E-state index in [4.69, 9.17) is 9.47 Å². The van der Waals surface area contributed by atoms with Gasteiger partial charge in [-0.1, -0.05) is 0 Å². The zero-order valence-corrected chi connectivity index (χ0v) is 16.5. The van der Waals surface area contributed by atoms with E-state index in [0.717, 1.165) is 14.2 Å². The SMILES string of the molecule is COC(=O)c1ccc(O[C@H]2C[C@H](NC(=O)OC(C)(C)C)C2)c(F)c1C(=O)OC. The molecule has 1 fully saturated rings. The van der Waals surface area contributed by atoms with E-state index in [-0.39, 0.29) is 23.5 Å². The summed E-state index contributed by atoms with van der Waals surface area (Å²) in [6.45, 7) is 5.29. The van der Waals surface area contributed by atoms with Gasteiger partial charge in [0.05, 0.1) is 19.8 Å². The van der Waals surface area contributed by atoms with Crippen LogP contribution in [0.4, 0.5) is 9.18 Å². The molecule has 0 aromatic heterocycles. The highest BCUT2D eigenvalue weighted by atomic mass is 19.1. The number of carbonyl (C=O) groups excluding carboxylic acids is 3. The lowest BCUT2D eigenvalue weighted by Gasteiger charge is -2.36. The summed E-state index contributed by atoms with van der Waals surface area (Å²) in [5.41, 5.74) is -1.40. The van der Waals surface area contributed by atoms with Gasteiger partial charge in [0, 0.05) is 18.9 Å². The number of carbonyl (C=O) groups is 3. The summed E-state index contributed by atoms with van der Waals surface area (Å²) in [5.74, 6) is -3.07. The lowest BCUT2D eigenvalue weighted by atomic mass is 9.89. The van der Waals surface area contributed by atoms with Crippen molar-refractivity contribution in [1.82, 2.24) is 5.32 Å². The summed E-state index contributed by atoms with van der Waals surface area (Å²) in [6.07, 6.45) is 0.0112. The Hall–Kier alpha value is -2.84. The molecule has 1 N–H and O–H groups in total. The average Bonchev–Trinajstić information content (AvgIpc) is 2.57. The molecule has 0 spiro atoms. The van der Waals surface area contributed by atoms with Crippen LogP contribution < -0.4 is 10.1 Å². The number of methoxy groups -OCH3 is 2. The number of nitrogens with one attached hydrogen (secondary N) is 1. The van der Waals surface area contributed by atoms with Crippen molar-refractivity contribution in [2.24, 2.45) is 0 Å². The molecule has 0 bridgehead atoms. The first-order valence-corrected chi connectivity index (χ1v) is 8.71. The monoisotopic (exact) mass is 397 g/mol. The van der Waals surface area contributed by atoms with Crippen molar-refractivity contribution in [3.05, 3.63) is 29.1 Å². The highest BCUT2D eigenvalue weighted by Gasteiger charge is 2.35. The van der Waals surface area contributed by atoms with Gasteiger partial charge in [-0.15, -0.1) is 0 Å². The predicted octanol–water partition coefficient (Wildman–Crippen LogP) is 2.83. The molecule has 8 nitrogen and oxygen atoms in total. The van der Waals surface area contributed by atoms with E-state index in [1.165, 1.54) is 12.1 Å². The second kappa shape index (κ2) is 8.45. The number of halogens is 1. The molecule has 0 saturated heterocycles. The second-order valence-corrected chi connectivity index (χ2v) is 7.34. The third-order valence-electron chi connectivity index (χ3n) is 4.01. The van der Waals surface area contributed by atoms with Gasteiger partial charge >= 0.3 is 18.0 Å². The Kier molecular flexibility index (Phi) is 6.48. The quantitative estimate of drug-likeness (QED) is 0.602. The van der Waals surface area contributed by atoms with E-state index >= 15 is 0 Å². The summed E-state index contributed by atoms with van der Waals surface area (Å²) >= 11 is 0. The van der Waals surface area contributed by atoms with Crippen LogP contribution in [0.3, 0.4) is 0 Å². The van der Waals surface area contributed by atoms with Crippen molar-refractivity contribution in [3.8, 4) is 5.75 Å². The van der Waals surface area contributed by atoms with Gasteiger partial charge in [0.25, 0.3) is 0 Å². The largest absolute Gasteiger partial charge is 0.487 e. The average molecular weight is 397 g/mol. The van der Waals surface area contributed by atoms with Crippen LogP contribution in [0.25, 0.3) is 0 Å². The van der Waals surface area contributed by atoms with Gasteiger partial charge in [-0.05, 0) is 32.9 Å². The Morgan fingerprint density at radius 2 is 1.68 bits per heavy atom. The molecule has 1 saturated carbocycles. The lowest BCUT2D eigenvalue weighted by molar-refractivity contribution is 0.0352. The molecule has 0 radical (unpaired) electrons. The molecule has 1 aromatic rings. The zero-order chi connectivity index (χ0) is 21.1. The first-order valence-electron chi connectivity index (χ1n) is 8.71. The third-order valence-corrected chi connectivity index (χ3v) is 4.01. The fourth-order valence-corrected chi connectivity index (χ4v) is 2.66.